The molecule has 0 radical (unpaired) electrons. The number of methoxy groups -OCH3 is 1. The summed E-state index contributed by atoms with van der Waals surface area (Å²) in [6.45, 7) is 0. The quantitative estimate of drug-likeness (QED) is 0.765. The van der Waals surface area contributed by atoms with Gasteiger partial charge in [0, 0.05) is 20.7 Å². The molecule has 0 aliphatic rings. The number of amides is 1. The lowest BCUT2D eigenvalue weighted by atomic mass is 10.2. The SMILES string of the molecule is COc1cc(N)ccc1NC(=O)c1ccc(Br)cc1Br. The van der Waals surface area contributed by atoms with Gasteiger partial charge in [-0.05, 0) is 46.3 Å². The van der Waals surface area contributed by atoms with Crippen LogP contribution in [0.5, 0.6) is 5.75 Å². The monoisotopic (exact) mass is 398 g/mol. The molecule has 2 aromatic rings. The Labute approximate surface area is 133 Å². The molecule has 2 aromatic carbocycles. The number of hydrogen-bond acceptors (Lipinski definition) is 3. The molecule has 0 aromatic heterocycles. The number of rotatable bonds is 3. The Morgan fingerprint density at radius 1 is 1.20 bits per heavy atom. The highest BCUT2D eigenvalue weighted by Gasteiger charge is 2.13. The molecular formula is C14H12Br2N2O2. The van der Waals surface area contributed by atoms with E-state index in [0.29, 0.717) is 27.2 Å². The number of benzene rings is 2. The molecule has 0 heterocycles. The van der Waals surface area contributed by atoms with Crippen molar-refractivity contribution in [3.8, 4) is 5.75 Å². The molecule has 0 aliphatic carbocycles. The maximum Gasteiger partial charge on any atom is 0.256 e. The number of anilines is 2. The third-order valence-corrected chi connectivity index (χ3v) is 3.80. The Morgan fingerprint density at radius 2 is 1.95 bits per heavy atom. The third-order valence-electron chi connectivity index (χ3n) is 2.65. The smallest absolute Gasteiger partial charge is 0.256 e. The van der Waals surface area contributed by atoms with Crippen LogP contribution < -0.4 is 15.8 Å². The van der Waals surface area contributed by atoms with Gasteiger partial charge in [0.15, 0.2) is 0 Å². The minimum Gasteiger partial charge on any atom is -0.494 e. The average Bonchev–Trinajstić information content (AvgIpc) is 2.40. The summed E-state index contributed by atoms with van der Waals surface area (Å²) in [5, 5.41) is 2.80. The van der Waals surface area contributed by atoms with Crippen molar-refractivity contribution < 1.29 is 9.53 Å². The Bertz CT molecular complexity index is 660. The minimum absolute atomic E-state index is 0.229. The lowest BCUT2D eigenvalue weighted by molar-refractivity contribution is 0.102. The molecule has 1 amide bonds. The first-order valence-corrected chi connectivity index (χ1v) is 7.30. The number of hydrogen-bond donors (Lipinski definition) is 2. The lowest BCUT2D eigenvalue weighted by Crippen LogP contribution is -2.13. The van der Waals surface area contributed by atoms with Crippen LogP contribution in [0.1, 0.15) is 10.4 Å². The lowest BCUT2D eigenvalue weighted by Gasteiger charge is -2.11. The highest BCUT2D eigenvalue weighted by atomic mass is 79.9. The first-order valence-electron chi connectivity index (χ1n) is 5.71. The van der Waals surface area contributed by atoms with E-state index in [9.17, 15) is 4.79 Å². The Hall–Kier alpha value is -1.53. The molecule has 2 rings (SSSR count). The molecule has 20 heavy (non-hydrogen) atoms. The number of nitrogens with two attached hydrogens (primary N) is 1. The number of nitrogens with one attached hydrogen (secondary N) is 1. The summed E-state index contributed by atoms with van der Waals surface area (Å²) in [5.41, 5.74) is 7.36. The van der Waals surface area contributed by atoms with Gasteiger partial charge in [-0.25, -0.2) is 0 Å². The van der Waals surface area contributed by atoms with Crippen molar-refractivity contribution in [3.05, 3.63) is 50.9 Å². The second-order valence-electron chi connectivity index (χ2n) is 4.04. The predicted molar refractivity (Wildman–Crippen MR) is 87.2 cm³/mol. The van der Waals surface area contributed by atoms with Crippen LogP contribution in [0.4, 0.5) is 11.4 Å². The van der Waals surface area contributed by atoms with Crippen molar-refractivity contribution in [2.24, 2.45) is 0 Å². The van der Waals surface area contributed by atoms with E-state index in [-0.39, 0.29) is 5.91 Å². The summed E-state index contributed by atoms with van der Waals surface area (Å²) in [7, 11) is 1.53. The van der Waals surface area contributed by atoms with Crippen molar-refractivity contribution in [1.82, 2.24) is 0 Å². The molecular weight excluding hydrogens is 388 g/mol. The molecule has 104 valence electrons. The van der Waals surface area contributed by atoms with Gasteiger partial charge in [0.1, 0.15) is 5.75 Å². The molecule has 0 unspecified atom stereocenters. The zero-order chi connectivity index (χ0) is 14.7. The summed E-state index contributed by atoms with van der Waals surface area (Å²) in [6.07, 6.45) is 0. The van der Waals surface area contributed by atoms with E-state index in [0.717, 1.165) is 4.47 Å². The van der Waals surface area contributed by atoms with Crippen molar-refractivity contribution in [3.63, 3.8) is 0 Å². The molecule has 0 bridgehead atoms. The van der Waals surface area contributed by atoms with E-state index in [2.05, 4.69) is 37.2 Å². The van der Waals surface area contributed by atoms with E-state index in [4.69, 9.17) is 10.5 Å². The van der Waals surface area contributed by atoms with Crippen molar-refractivity contribution >= 4 is 49.1 Å². The van der Waals surface area contributed by atoms with Gasteiger partial charge in [-0.1, -0.05) is 15.9 Å². The van der Waals surface area contributed by atoms with Gasteiger partial charge >= 0.3 is 0 Å². The summed E-state index contributed by atoms with van der Waals surface area (Å²) in [5.74, 6) is 0.291. The van der Waals surface area contributed by atoms with Gasteiger partial charge in [0.25, 0.3) is 5.91 Å². The molecule has 0 fully saturated rings. The summed E-state index contributed by atoms with van der Waals surface area (Å²) in [4.78, 5) is 12.3. The Kier molecular flexibility index (Phi) is 4.67. The second kappa shape index (κ2) is 6.28. The van der Waals surface area contributed by atoms with Crippen LogP contribution in [-0.4, -0.2) is 13.0 Å². The van der Waals surface area contributed by atoms with Gasteiger partial charge in [0.05, 0.1) is 18.4 Å². The molecule has 0 spiro atoms. The number of ether oxygens (including phenoxy) is 1. The Morgan fingerprint density at radius 3 is 2.60 bits per heavy atom. The van der Waals surface area contributed by atoms with Crippen LogP contribution in [0.15, 0.2) is 45.3 Å². The number of carbonyl (C=O) groups excluding carboxylic acids is 1. The fourth-order valence-electron chi connectivity index (χ4n) is 1.67. The van der Waals surface area contributed by atoms with Crippen LogP contribution in [0.2, 0.25) is 0 Å². The maximum absolute atomic E-state index is 12.3. The minimum atomic E-state index is -0.229. The zero-order valence-electron chi connectivity index (χ0n) is 10.6. The van der Waals surface area contributed by atoms with E-state index >= 15 is 0 Å². The Balaban J connectivity index is 2.28. The molecule has 0 atom stereocenters. The fourth-order valence-corrected chi connectivity index (χ4v) is 2.90. The van der Waals surface area contributed by atoms with Crippen molar-refractivity contribution in [2.45, 2.75) is 0 Å². The normalized spacial score (nSPS) is 10.2. The molecule has 6 heteroatoms. The number of halogens is 2. The van der Waals surface area contributed by atoms with Crippen LogP contribution in [0.3, 0.4) is 0 Å². The van der Waals surface area contributed by atoms with Gasteiger partial charge in [-0.2, -0.15) is 0 Å². The second-order valence-corrected chi connectivity index (χ2v) is 5.81. The largest absolute Gasteiger partial charge is 0.494 e. The number of carbonyl (C=O) groups is 1. The van der Waals surface area contributed by atoms with E-state index in [1.54, 1.807) is 30.3 Å². The van der Waals surface area contributed by atoms with Crippen LogP contribution in [0, 0.1) is 0 Å². The van der Waals surface area contributed by atoms with Gasteiger partial charge < -0.3 is 15.8 Å². The number of nitrogen functional groups attached to an aromatic ring is 1. The van der Waals surface area contributed by atoms with Crippen LogP contribution >= 0.6 is 31.9 Å². The summed E-state index contributed by atoms with van der Waals surface area (Å²) < 4.78 is 6.80. The maximum atomic E-state index is 12.3. The highest BCUT2D eigenvalue weighted by Crippen LogP contribution is 2.28. The van der Waals surface area contributed by atoms with Gasteiger partial charge in [-0.15, -0.1) is 0 Å². The van der Waals surface area contributed by atoms with Crippen LogP contribution in [0.25, 0.3) is 0 Å². The zero-order valence-corrected chi connectivity index (χ0v) is 13.8. The average molecular weight is 400 g/mol. The molecule has 0 saturated carbocycles. The van der Waals surface area contributed by atoms with E-state index < -0.39 is 0 Å². The summed E-state index contributed by atoms with van der Waals surface area (Å²) >= 11 is 6.71. The van der Waals surface area contributed by atoms with E-state index in [1.165, 1.54) is 7.11 Å². The predicted octanol–water partition coefficient (Wildman–Crippen LogP) is 4.05. The van der Waals surface area contributed by atoms with Crippen molar-refractivity contribution in [2.75, 3.05) is 18.2 Å². The topological polar surface area (TPSA) is 64.3 Å². The molecule has 0 saturated heterocycles. The van der Waals surface area contributed by atoms with Gasteiger partial charge in [-0.3, -0.25) is 4.79 Å². The third kappa shape index (κ3) is 3.32. The summed E-state index contributed by atoms with van der Waals surface area (Å²) in [6, 6.07) is 10.4. The molecule has 4 nitrogen and oxygen atoms in total. The standard InChI is InChI=1S/C14H12Br2N2O2/c1-20-13-7-9(17)3-5-12(13)18-14(19)10-4-2-8(15)6-11(10)16/h2-7H,17H2,1H3,(H,18,19). The van der Waals surface area contributed by atoms with E-state index in [1.807, 2.05) is 6.07 Å². The fraction of sp³-hybridized carbons (Fsp3) is 0.0714. The molecule has 3 N–H and O–H groups in total. The van der Waals surface area contributed by atoms with Crippen LogP contribution in [-0.2, 0) is 0 Å². The van der Waals surface area contributed by atoms with Gasteiger partial charge in [0.2, 0.25) is 0 Å². The first-order chi connectivity index (χ1) is 9.51. The highest BCUT2D eigenvalue weighted by molar-refractivity contribution is 9.11. The van der Waals surface area contributed by atoms with Crippen molar-refractivity contribution in [1.29, 1.82) is 0 Å². The molecule has 0 aliphatic heterocycles. The first kappa shape index (κ1) is 14.9.